The third-order valence-corrected chi connectivity index (χ3v) is 5.13. The second kappa shape index (κ2) is 8.73. The molecule has 1 aliphatic heterocycles. The van der Waals surface area contributed by atoms with Crippen molar-refractivity contribution in [3.05, 3.63) is 90.0 Å². The minimum absolute atomic E-state index is 0.162. The Balaban J connectivity index is 1.47. The van der Waals surface area contributed by atoms with Gasteiger partial charge in [-0.05, 0) is 53.9 Å². The van der Waals surface area contributed by atoms with Crippen molar-refractivity contribution in [1.82, 2.24) is 10.3 Å². The Bertz CT molecular complexity index is 1040. The van der Waals surface area contributed by atoms with Crippen molar-refractivity contribution in [3.63, 3.8) is 0 Å². The van der Waals surface area contributed by atoms with E-state index in [0.717, 1.165) is 24.2 Å². The molecule has 1 aromatic heterocycles. The molecule has 152 valence electrons. The van der Waals surface area contributed by atoms with Gasteiger partial charge in [-0.2, -0.15) is 0 Å². The van der Waals surface area contributed by atoms with Gasteiger partial charge >= 0.3 is 11.8 Å². The molecule has 1 aliphatic rings. The van der Waals surface area contributed by atoms with Crippen molar-refractivity contribution < 1.29 is 14.0 Å². The first kappa shape index (κ1) is 19.6. The first-order valence-corrected chi connectivity index (χ1v) is 9.71. The third-order valence-electron chi connectivity index (χ3n) is 5.13. The van der Waals surface area contributed by atoms with Crippen LogP contribution in [0, 0.1) is 5.82 Å². The molecule has 4 rings (SSSR count). The van der Waals surface area contributed by atoms with E-state index in [0.29, 0.717) is 5.69 Å². The van der Waals surface area contributed by atoms with Crippen LogP contribution in [0.1, 0.15) is 17.2 Å². The van der Waals surface area contributed by atoms with Crippen molar-refractivity contribution in [3.8, 4) is 0 Å². The molecule has 1 atom stereocenters. The summed E-state index contributed by atoms with van der Waals surface area (Å²) in [5.74, 6) is -1.96. The molecule has 30 heavy (non-hydrogen) atoms. The van der Waals surface area contributed by atoms with Gasteiger partial charge in [0.15, 0.2) is 0 Å². The molecule has 2 heterocycles. The zero-order valence-electron chi connectivity index (χ0n) is 16.2. The number of nitrogens with one attached hydrogen (secondary N) is 2. The minimum Gasteiger partial charge on any atom is -0.362 e. The van der Waals surface area contributed by atoms with Crippen LogP contribution < -0.4 is 15.5 Å². The van der Waals surface area contributed by atoms with E-state index in [4.69, 9.17) is 0 Å². The van der Waals surface area contributed by atoms with Crippen LogP contribution in [0.15, 0.2) is 73.1 Å². The van der Waals surface area contributed by atoms with Gasteiger partial charge in [0.2, 0.25) is 0 Å². The molecule has 0 saturated carbocycles. The molecule has 2 N–H and O–H groups in total. The predicted octanol–water partition coefficient (Wildman–Crippen LogP) is 3.08. The van der Waals surface area contributed by atoms with Gasteiger partial charge in [0.05, 0.1) is 6.04 Å². The fourth-order valence-electron chi connectivity index (χ4n) is 3.66. The lowest BCUT2D eigenvalue weighted by Gasteiger charge is -2.30. The van der Waals surface area contributed by atoms with Gasteiger partial charge < -0.3 is 15.5 Å². The normalized spacial score (nSPS) is 13.4. The number of nitrogens with zero attached hydrogens (tertiary/aromatic N) is 2. The third kappa shape index (κ3) is 4.30. The summed E-state index contributed by atoms with van der Waals surface area (Å²) in [6.07, 6.45) is 4.40. The highest BCUT2D eigenvalue weighted by molar-refractivity contribution is 6.39. The van der Waals surface area contributed by atoms with Crippen LogP contribution in [-0.2, 0) is 16.0 Å². The Morgan fingerprint density at radius 1 is 1.03 bits per heavy atom. The Morgan fingerprint density at radius 2 is 1.83 bits per heavy atom. The average molecular weight is 404 g/mol. The predicted molar refractivity (Wildman–Crippen MR) is 113 cm³/mol. The second-order valence-corrected chi connectivity index (χ2v) is 7.05. The van der Waals surface area contributed by atoms with Crippen molar-refractivity contribution in [2.45, 2.75) is 12.5 Å². The number of benzene rings is 2. The van der Waals surface area contributed by atoms with E-state index < -0.39 is 17.6 Å². The highest BCUT2D eigenvalue weighted by atomic mass is 19.1. The summed E-state index contributed by atoms with van der Waals surface area (Å²) in [4.78, 5) is 31.0. The maximum absolute atomic E-state index is 13.0. The van der Waals surface area contributed by atoms with Crippen LogP contribution in [-0.4, -0.2) is 29.9 Å². The van der Waals surface area contributed by atoms with E-state index >= 15 is 0 Å². The lowest BCUT2D eigenvalue weighted by atomic mass is 10.1. The van der Waals surface area contributed by atoms with Crippen molar-refractivity contribution >= 4 is 23.2 Å². The molecular formula is C23H21FN4O2. The van der Waals surface area contributed by atoms with E-state index in [2.05, 4.69) is 32.7 Å². The Morgan fingerprint density at radius 3 is 2.60 bits per heavy atom. The molecule has 6 nitrogen and oxygen atoms in total. The first-order chi connectivity index (χ1) is 14.6. The highest BCUT2D eigenvalue weighted by Gasteiger charge is 2.28. The number of hydrogen-bond donors (Lipinski definition) is 2. The van der Waals surface area contributed by atoms with Crippen LogP contribution in [0.25, 0.3) is 0 Å². The zero-order valence-corrected chi connectivity index (χ0v) is 16.2. The van der Waals surface area contributed by atoms with Gasteiger partial charge in [-0.25, -0.2) is 4.39 Å². The number of para-hydroxylation sites is 1. The smallest absolute Gasteiger partial charge is 0.313 e. The topological polar surface area (TPSA) is 74.3 Å². The van der Waals surface area contributed by atoms with Crippen LogP contribution in [0.4, 0.5) is 15.8 Å². The number of fused-ring (bicyclic) bond motifs is 1. The molecular weight excluding hydrogens is 383 g/mol. The van der Waals surface area contributed by atoms with Crippen LogP contribution >= 0.6 is 0 Å². The van der Waals surface area contributed by atoms with Gasteiger partial charge in [-0.1, -0.05) is 24.3 Å². The summed E-state index contributed by atoms with van der Waals surface area (Å²) >= 11 is 0. The molecule has 7 heteroatoms. The summed E-state index contributed by atoms with van der Waals surface area (Å²) in [6, 6.07) is 17.1. The Labute approximate surface area is 173 Å². The number of amides is 2. The summed E-state index contributed by atoms with van der Waals surface area (Å²) in [6.45, 7) is 1.06. The number of carbonyl (C=O) groups is 2. The van der Waals surface area contributed by atoms with Gasteiger partial charge in [0, 0.05) is 36.9 Å². The monoisotopic (exact) mass is 404 g/mol. The number of rotatable bonds is 5. The van der Waals surface area contributed by atoms with E-state index in [1.807, 2.05) is 24.3 Å². The molecule has 0 radical (unpaired) electrons. The van der Waals surface area contributed by atoms with E-state index in [-0.39, 0.29) is 12.6 Å². The highest BCUT2D eigenvalue weighted by Crippen LogP contribution is 2.34. The maximum Gasteiger partial charge on any atom is 0.313 e. The van der Waals surface area contributed by atoms with Crippen molar-refractivity contribution in [1.29, 1.82) is 0 Å². The molecule has 0 bridgehead atoms. The standard InChI is InChI=1S/C23H21FN4O2/c24-18-7-9-19(10-8-18)27-23(30)22(29)26-15-21(17-5-3-12-25-14-17)28-13-11-16-4-1-2-6-20(16)28/h1-10,12,14,21H,11,13,15H2,(H,26,29)(H,27,30)/t21-/m0/s1. The second-order valence-electron chi connectivity index (χ2n) is 7.05. The molecule has 0 fully saturated rings. The SMILES string of the molecule is O=C(NC[C@@H](c1cccnc1)N1CCc2ccccc21)C(=O)Nc1ccc(F)cc1. The molecule has 2 amide bonds. The number of halogens is 1. The summed E-state index contributed by atoms with van der Waals surface area (Å²) < 4.78 is 13.0. The largest absolute Gasteiger partial charge is 0.362 e. The fourth-order valence-corrected chi connectivity index (χ4v) is 3.66. The van der Waals surface area contributed by atoms with Crippen LogP contribution in [0.3, 0.4) is 0 Å². The summed E-state index contributed by atoms with van der Waals surface area (Å²) in [5, 5.41) is 5.20. The number of pyridine rings is 1. The first-order valence-electron chi connectivity index (χ1n) is 9.71. The van der Waals surface area contributed by atoms with Gasteiger partial charge in [-0.3, -0.25) is 14.6 Å². The van der Waals surface area contributed by atoms with E-state index in [9.17, 15) is 14.0 Å². The van der Waals surface area contributed by atoms with Crippen LogP contribution in [0.5, 0.6) is 0 Å². The van der Waals surface area contributed by atoms with Gasteiger partial charge in [0.1, 0.15) is 5.82 Å². The Kier molecular flexibility index (Phi) is 5.70. The maximum atomic E-state index is 13.0. The Hall–Kier alpha value is -3.74. The van der Waals surface area contributed by atoms with Gasteiger partial charge in [0.25, 0.3) is 0 Å². The van der Waals surface area contributed by atoms with E-state index in [1.54, 1.807) is 12.4 Å². The average Bonchev–Trinajstić information content (AvgIpc) is 3.20. The lowest BCUT2D eigenvalue weighted by Crippen LogP contribution is -2.41. The minimum atomic E-state index is -0.798. The van der Waals surface area contributed by atoms with E-state index in [1.165, 1.54) is 29.8 Å². The summed E-state index contributed by atoms with van der Waals surface area (Å²) in [5.41, 5.74) is 3.69. The van der Waals surface area contributed by atoms with Gasteiger partial charge in [-0.15, -0.1) is 0 Å². The number of carbonyl (C=O) groups excluding carboxylic acids is 2. The molecule has 0 unspecified atom stereocenters. The van der Waals surface area contributed by atoms with Crippen LogP contribution in [0.2, 0.25) is 0 Å². The molecule has 0 saturated heterocycles. The zero-order chi connectivity index (χ0) is 20.9. The number of aromatic nitrogens is 1. The van der Waals surface area contributed by atoms with Crippen molar-refractivity contribution in [2.24, 2.45) is 0 Å². The molecule has 3 aromatic rings. The molecule has 2 aromatic carbocycles. The number of hydrogen-bond acceptors (Lipinski definition) is 4. The molecule has 0 spiro atoms. The number of anilines is 2. The lowest BCUT2D eigenvalue weighted by molar-refractivity contribution is -0.136. The van der Waals surface area contributed by atoms with Crippen molar-refractivity contribution in [2.75, 3.05) is 23.3 Å². The molecule has 0 aliphatic carbocycles. The fraction of sp³-hybridized carbons (Fsp3) is 0.174. The quantitative estimate of drug-likeness (QED) is 0.641. The summed E-state index contributed by atoms with van der Waals surface area (Å²) in [7, 11) is 0.